The first-order valence-corrected chi connectivity index (χ1v) is 9.60. The number of nitrogens with zero attached hydrogens (tertiary/aromatic N) is 1. The van der Waals surface area contributed by atoms with Crippen LogP contribution in [0.15, 0.2) is 48.5 Å². The maximum atomic E-state index is 12.3. The lowest BCUT2D eigenvalue weighted by Gasteiger charge is -2.14. The number of fused-ring (bicyclic) bond motifs is 1. The lowest BCUT2D eigenvalue weighted by molar-refractivity contribution is 0.0420. The predicted octanol–water partition coefficient (Wildman–Crippen LogP) is 2.70. The second-order valence-electron chi connectivity index (χ2n) is 6.91. The molecule has 2 heterocycles. The third-order valence-corrected chi connectivity index (χ3v) is 4.98. The zero-order chi connectivity index (χ0) is 20.2. The Bertz CT molecular complexity index is 882. The highest BCUT2D eigenvalue weighted by Crippen LogP contribution is 2.22. The Morgan fingerprint density at radius 3 is 2.34 bits per heavy atom. The third-order valence-electron chi connectivity index (χ3n) is 4.98. The number of amides is 2. The van der Waals surface area contributed by atoms with Gasteiger partial charge in [-0.1, -0.05) is 12.1 Å². The van der Waals surface area contributed by atoms with Gasteiger partial charge >= 0.3 is 5.97 Å². The van der Waals surface area contributed by atoms with Crippen LogP contribution in [0, 0.1) is 0 Å². The summed E-state index contributed by atoms with van der Waals surface area (Å²) in [6, 6.07) is 13.3. The molecule has 1 atom stereocenters. The molecule has 0 saturated carbocycles. The van der Waals surface area contributed by atoms with E-state index in [1.807, 2.05) is 0 Å². The number of carbonyl (C=O) groups is 3. The van der Waals surface area contributed by atoms with E-state index in [1.165, 1.54) is 0 Å². The first-order valence-electron chi connectivity index (χ1n) is 9.60. The molecule has 2 aliphatic heterocycles. The Kier molecular flexibility index (Phi) is 5.57. The molecule has 0 bridgehead atoms. The van der Waals surface area contributed by atoms with Crippen LogP contribution in [0.1, 0.15) is 43.9 Å². The second-order valence-corrected chi connectivity index (χ2v) is 6.91. The number of imide groups is 1. The Morgan fingerprint density at radius 1 is 1.03 bits per heavy atom. The third kappa shape index (κ3) is 4.14. The first kappa shape index (κ1) is 19.1. The maximum absolute atomic E-state index is 12.3. The number of carbonyl (C=O) groups excluding carboxylic acids is 3. The molecule has 7 nitrogen and oxygen atoms in total. The van der Waals surface area contributed by atoms with Gasteiger partial charge in [-0.3, -0.25) is 14.5 Å². The number of benzene rings is 2. The van der Waals surface area contributed by atoms with Gasteiger partial charge in [0.15, 0.2) is 0 Å². The van der Waals surface area contributed by atoms with Gasteiger partial charge in [0.2, 0.25) is 0 Å². The summed E-state index contributed by atoms with van der Waals surface area (Å²) in [6.07, 6.45) is 2.18. The van der Waals surface area contributed by atoms with E-state index in [4.69, 9.17) is 14.2 Å². The SMILES string of the molecule is O=C(OCCN1C(=O)c2ccccc2C1=O)c1ccc(OCC2CCCO2)cc1. The molecule has 0 radical (unpaired) electrons. The zero-order valence-corrected chi connectivity index (χ0v) is 15.8. The lowest BCUT2D eigenvalue weighted by Crippen LogP contribution is -2.33. The number of ether oxygens (including phenoxy) is 3. The fraction of sp³-hybridized carbons (Fsp3) is 0.318. The van der Waals surface area contributed by atoms with Crippen LogP contribution in [0.2, 0.25) is 0 Å². The zero-order valence-electron chi connectivity index (χ0n) is 15.8. The summed E-state index contributed by atoms with van der Waals surface area (Å²) in [4.78, 5) is 37.9. The molecule has 0 spiro atoms. The van der Waals surface area contributed by atoms with Crippen LogP contribution >= 0.6 is 0 Å². The fourth-order valence-electron chi connectivity index (χ4n) is 3.41. The summed E-state index contributed by atoms with van der Waals surface area (Å²) in [7, 11) is 0. The van der Waals surface area contributed by atoms with Crippen LogP contribution < -0.4 is 4.74 Å². The van der Waals surface area contributed by atoms with Crippen LogP contribution in [0.4, 0.5) is 0 Å². The van der Waals surface area contributed by atoms with E-state index in [2.05, 4.69) is 0 Å². The molecule has 29 heavy (non-hydrogen) atoms. The second kappa shape index (κ2) is 8.45. The largest absolute Gasteiger partial charge is 0.491 e. The number of hydrogen-bond acceptors (Lipinski definition) is 6. The Morgan fingerprint density at radius 2 is 1.72 bits per heavy atom. The molecule has 2 aliphatic rings. The summed E-state index contributed by atoms with van der Waals surface area (Å²) in [6.45, 7) is 1.21. The summed E-state index contributed by atoms with van der Waals surface area (Å²) >= 11 is 0. The van der Waals surface area contributed by atoms with Crippen molar-refractivity contribution < 1.29 is 28.6 Å². The molecule has 4 rings (SSSR count). The topological polar surface area (TPSA) is 82.1 Å². The van der Waals surface area contributed by atoms with E-state index in [0.717, 1.165) is 24.3 Å². The van der Waals surface area contributed by atoms with Crippen molar-refractivity contribution in [3.63, 3.8) is 0 Å². The van der Waals surface area contributed by atoms with E-state index in [9.17, 15) is 14.4 Å². The first-order chi connectivity index (χ1) is 14.1. The van der Waals surface area contributed by atoms with Crippen molar-refractivity contribution in [2.24, 2.45) is 0 Å². The molecule has 1 fully saturated rings. The summed E-state index contributed by atoms with van der Waals surface area (Å²) < 4.78 is 16.4. The minimum atomic E-state index is -0.521. The van der Waals surface area contributed by atoms with Crippen LogP contribution in [-0.2, 0) is 9.47 Å². The molecule has 0 N–H and O–H groups in total. The van der Waals surface area contributed by atoms with E-state index in [1.54, 1.807) is 48.5 Å². The lowest BCUT2D eigenvalue weighted by atomic mass is 10.1. The quantitative estimate of drug-likeness (QED) is 0.530. The molecule has 150 valence electrons. The monoisotopic (exact) mass is 395 g/mol. The van der Waals surface area contributed by atoms with Crippen molar-refractivity contribution in [2.75, 3.05) is 26.4 Å². The van der Waals surface area contributed by atoms with Gasteiger partial charge in [0.05, 0.1) is 29.3 Å². The summed E-state index contributed by atoms with van der Waals surface area (Å²) in [5.41, 5.74) is 1.13. The molecule has 1 saturated heterocycles. The average Bonchev–Trinajstić information content (AvgIpc) is 3.35. The molecule has 2 aromatic rings. The van der Waals surface area contributed by atoms with E-state index < -0.39 is 5.97 Å². The minimum Gasteiger partial charge on any atom is -0.491 e. The smallest absolute Gasteiger partial charge is 0.338 e. The molecule has 1 unspecified atom stereocenters. The Balaban J connectivity index is 1.26. The van der Waals surface area contributed by atoms with Crippen molar-refractivity contribution in [2.45, 2.75) is 18.9 Å². The van der Waals surface area contributed by atoms with E-state index in [0.29, 0.717) is 29.0 Å². The van der Waals surface area contributed by atoms with Gasteiger partial charge in [-0.25, -0.2) is 4.79 Å². The Labute approximate surface area is 168 Å². The number of rotatable bonds is 7. The van der Waals surface area contributed by atoms with Gasteiger partial charge in [0.25, 0.3) is 11.8 Å². The molecule has 2 aromatic carbocycles. The van der Waals surface area contributed by atoms with Crippen molar-refractivity contribution in [1.29, 1.82) is 0 Å². The van der Waals surface area contributed by atoms with E-state index in [-0.39, 0.29) is 31.1 Å². The molecule has 7 heteroatoms. The van der Waals surface area contributed by atoms with Crippen LogP contribution in [0.25, 0.3) is 0 Å². The van der Waals surface area contributed by atoms with Crippen molar-refractivity contribution in [1.82, 2.24) is 4.90 Å². The van der Waals surface area contributed by atoms with E-state index >= 15 is 0 Å². The Hall–Kier alpha value is -3.19. The van der Waals surface area contributed by atoms with Crippen LogP contribution in [0.3, 0.4) is 0 Å². The predicted molar refractivity (Wildman–Crippen MR) is 103 cm³/mol. The maximum Gasteiger partial charge on any atom is 0.338 e. The van der Waals surface area contributed by atoms with Crippen molar-refractivity contribution in [3.8, 4) is 5.75 Å². The number of hydrogen-bond donors (Lipinski definition) is 0. The molecule has 2 amide bonds. The standard InChI is InChI=1S/C22H21NO6/c24-20-18-5-1-2-6-19(18)21(25)23(20)11-13-28-22(26)15-7-9-16(10-8-15)29-14-17-4-3-12-27-17/h1-2,5-10,17H,3-4,11-14H2. The van der Waals surface area contributed by atoms with Gasteiger partial charge in [-0.05, 0) is 49.2 Å². The number of esters is 1. The van der Waals surface area contributed by atoms with Gasteiger partial charge in [0, 0.05) is 6.61 Å². The van der Waals surface area contributed by atoms with Crippen LogP contribution in [-0.4, -0.2) is 55.2 Å². The normalized spacial score (nSPS) is 18.1. The molecule has 0 aliphatic carbocycles. The van der Waals surface area contributed by atoms with Gasteiger partial charge in [-0.2, -0.15) is 0 Å². The highest BCUT2D eigenvalue weighted by molar-refractivity contribution is 6.21. The van der Waals surface area contributed by atoms with Crippen molar-refractivity contribution >= 4 is 17.8 Å². The molecule has 0 aromatic heterocycles. The highest BCUT2D eigenvalue weighted by atomic mass is 16.5. The van der Waals surface area contributed by atoms with Gasteiger partial charge < -0.3 is 14.2 Å². The van der Waals surface area contributed by atoms with Crippen molar-refractivity contribution in [3.05, 3.63) is 65.2 Å². The summed E-state index contributed by atoms with van der Waals surface area (Å²) in [5.74, 6) is -0.598. The van der Waals surface area contributed by atoms with Gasteiger partial charge in [0.1, 0.15) is 19.0 Å². The van der Waals surface area contributed by atoms with Crippen LogP contribution in [0.5, 0.6) is 5.75 Å². The minimum absolute atomic E-state index is 0.0146. The van der Waals surface area contributed by atoms with Gasteiger partial charge in [-0.15, -0.1) is 0 Å². The average molecular weight is 395 g/mol. The highest BCUT2D eigenvalue weighted by Gasteiger charge is 2.34. The molecular weight excluding hydrogens is 374 g/mol. The fourth-order valence-corrected chi connectivity index (χ4v) is 3.41. The molecular formula is C22H21NO6. The summed E-state index contributed by atoms with van der Waals surface area (Å²) in [5, 5.41) is 0.